The molecule has 0 bridgehead atoms. The molecule has 2 rings (SSSR count). The van der Waals surface area contributed by atoms with Crippen LogP contribution < -0.4 is 5.32 Å². The fourth-order valence-electron chi connectivity index (χ4n) is 2.74. The van der Waals surface area contributed by atoms with E-state index < -0.39 is 29.9 Å². The highest BCUT2D eigenvalue weighted by molar-refractivity contribution is 5.84. The number of ether oxygens (including phenoxy) is 2. The van der Waals surface area contributed by atoms with Crippen LogP contribution in [-0.4, -0.2) is 36.0 Å². The minimum absolute atomic E-state index is 0.0695. The Morgan fingerprint density at radius 3 is 2.10 bits per heavy atom. The number of carbonyl (C=O) groups is 2. The Kier molecular flexibility index (Phi) is 8.44. The first kappa shape index (κ1) is 24.2. The van der Waals surface area contributed by atoms with Gasteiger partial charge in [0.2, 0.25) is 0 Å². The van der Waals surface area contributed by atoms with Crippen LogP contribution in [-0.2, 0) is 33.3 Å². The number of benzene rings is 2. The molecule has 0 spiro atoms. The Morgan fingerprint density at radius 2 is 1.58 bits per heavy atom. The zero-order chi connectivity index (χ0) is 23.0. The molecule has 0 aliphatic carbocycles. The lowest BCUT2D eigenvalue weighted by molar-refractivity contribution is -0.153. The lowest BCUT2D eigenvalue weighted by atomic mass is 10.0. The summed E-state index contributed by atoms with van der Waals surface area (Å²) in [5, 5.41) is 11.6. The molecule has 0 radical (unpaired) electrons. The highest BCUT2D eigenvalue weighted by atomic mass is 19.4. The number of alkyl halides is 3. The van der Waals surface area contributed by atoms with Crippen molar-refractivity contribution in [3.05, 3.63) is 65.2 Å². The maximum Gasteiger partial charge on any atom is 0.416 e. The minimum atomic E-state index is -4.44. The van der Waals surface area contributed by atoms with Crippen molar-refractivity contribution in [3.8, 4) is 0 Å². The number of hydrogen-bond acceptors (Lipinski definition) is 4. The first-order valence-electron chi connectivity index (χ1n) is 9.61. The van der Waals surface area contributed by atoms with Gasteiger partial charge in [0.25, 0.3) is 0 Å². The molecule has 1 amide bonds. The summed E-state index contributed by atoms with van der Waals surface area (Å²) >= 11 is 0. The second kappa shape index (κ2) is 10.8. The molecule has 2 aromatic rings. The third-order valence-corrected chi connectivity index (χ3v) is 4.24. The number of carboxylic acid groups (broad SMARTS) is 1. The average molecular weight is 439 g/mol. The Bertz CT molecular complexity index is 864. The van der Waals surface area contributed by atoms with Gasteiger partial charge in [0.1, 0.15) is 0 Å². The minimum Gasteiger partial charge on any atom is -0.479 e. The van der Waals surface area contributed by atoms with Gasteiger partial charge in [0.15, 0.2) is 6.10 Å². The largest absolute Gasteiger partial charge is 0.479 e. The number of aliphatic carboxylic acids is 1. The predicted octanol–water partition coefficient (Wildman–Crippen LogP) is 4.92. The molecule has 168 valence electrons. The van der Waals surface area contributed by atoms with Crippen LogP contribution in [0.15, 0.2) is 48.5 Å². The molecular weight excluding hydrogens is 415 g/mol. The number of amides is 1. The maximum absolute atomic E-state index is 12.5. The Balaban J connectivity index is 1.79. The van der Waals surface area contributed by atoms with Gasteiger partial charge in [-0.2, -0.15) is 13.2 Å². The summed E-state index contributed by atoms with van der Waals surface area (Å²) in [6.07, 6.45) is -5.68. The van der Waals surface area contributed by atoms with E-state index in [4.69, 9.17) is 9.47 Å². The van der Waals surface area contributed by atoms with Crippen molar-refractivity contribution in [1.82, 2.24) is 0 Å². The summed E-state index contributed by atoms with van der Waals surface area (Å²) in [5.41, 5.74) is 1.07. The van der Waals surface area contributed by atoms with E-state index in [0.29, 0.717) is 6.42 Å². The SMILES string of the molecule is CC(C)OC(Cc1ccc(CCOC(=O)Nc2ccc(C(F)(F)F)cc2)cc1)C(=O)O. The van der Waals surface area contributed by atoms with E-state index in [1.807, 2.05) is 0 Å². The summed E-state index contributed by atoms with van der Waals surface area (Å²) in [7, 11) is 0. The summed E-state index contributed by atoms with van der Waals surface area (Å²) < 4.78 is 48.1. The van der Waals surface area contributed by atoms with Gasteiger partial charge in [-0.25, -0.2) is 9.59 Å². The third kappa shape index (κ3) is 8.29. The van der Waals surface area contributed by atoms with Gasteiger partial charge in [-0.3, -0.25) is 5.32 Å². The van der Waals surface area contributed by atoms with E-state index in [9.17, 15) is 27.9 Å². The van der Waals surface area contributed by atoms with Crippen LogP contribution >= 0.6 is 0 Å². The zero-order valence-corrected chi connectivity index (χ0v) is 17.1. The lowest BCUT2D eigenvalue weighted by Crippen LogP contribution is -2.29. The molecule has 0 heterocycles. The monoisotopic (exact) mass is 439 g/mol. The molecule has 9 heteroatoms. The average Bonchev–Trinajstić information content (AvgIpc) is 2.68. The Labute approximate surface area is 178 Å². The van der Waals surface area contributed by atoms with E-state index in [2.05, 4.69) is 5.32 Å². The van der Waals surface area contributed by atoms with Crippen molar-refractivity contribution in [1.29, 1.82) is 0 Å². The number of nitrogens with one attached hydrogen (secondary N) is 1. The number of halogens is 3. The van der Waals surface area contributed by atoms with Crippen molar-refractivity contribution in [2.75, 3.05) is 11.9 Å². The number of hydrogen-bond donors (Lipinski definition) is 2. The van der Waals surface area contributed by atoms with E-state index in [-0.39, 0.29) is 24.8 Å². The molecule has 2 N–H and O–H groups in total. The second-order valence-electron chi connectivity index (χ2n) is 7.12. The van der Waals surface area contributed by atoms with Gasteiger partial charge in [0, 0.05) is 18.5 Å². The molecule has 1 unspecified atom stereocenters. The summed E-state index contributed by atoms with van der Waals surface area (Å²) in [5.74, 6) is -1.02. The first-order chi connectivity index (χ1) is 14.5. The van der Waals surface area contributed by atoms with Crippen LogP contribution in [0, 0.1) is 0 Å². The zero-order valence-electron chi connectivity index (χ0n) is 17.1. The normalized spacial score (nSPS) is 12.5. The molecule has 2 aromatic carbocycles. The van der Waals surface area contributed by atoms with Crippen LogP contribution in [0.2, 0.25) is 0 Å². The quantitative estimate of drug-likeness (QED) is 0.580. The van der Waals surface area contributed by atoms with Gasteiger partial charge in [0.05, 0.1) is 18.3 Å². The van der Waals surface area contributed by atoms with Crippen LogP contribution in [0.1, 0.15) is 30.5 Å². The summed E-state index contributed by atoms with van der Waals surface area (Å²) in [4.78, 5) is 23.1. The van der Waals surface area contributed by atoms with Gasteiger partial charge in [-0.15, -0.1) is 0 Å². The lowest BCUT2D eigenvalue weighted by Gasteiger charge is -2.16. The second-order valence-corrected chi connectivity index (χ2v) is 7.12. The Hall–Kier alpha value is -3.07. The van der Waals surface area contributed by atoms with Crippen LogP contribution in [0.5, 0.6) is 0 Å². The van der Waals surface area contributed by atoms with Crippen molar-refractivity contribution in [3.63, 3.8) is 0 Å². The molecule has 0 aliphatic heterocycles. The van der Waals surface area contributed by atoms with E-state index in [0.717, 1.165) is 35.4 Å². The van der Waals surface area contributed by atoms with Gasteiger partial charge < -0.3 is 14.6 Å². The molecule has 1 atom stereocenters. The number of rotatable bonds is 9. The molecule has 6 nitrogen and oxygen atoms in total. The third-order valence-electron chi connectivity index (χ3n) is 4.24. The van der Waals surface area contributed by atoms with Crippen molar-refractivity contribution in [2.24, 2.45) is 0 Å². The predicted molar refractivity (Wildman–Crippen MR) is 108 cm³/mol. The molecule has 0 aliphatic rings. The van der Waals surface area contributed by atoms with Crippen molar-refractivity contribution >= 4 is 17.7 Å². The summed E-state index contributed by atoms with van der Waals surface area (Å²) in [6, 6.07) is 11.2. The van der Waals surface area contributed by atoms with Crippen LogP contribution in [0.4, 0.5) is 23.7 Å². The number of carboxylic acids is 1. The smallest absolute Gasteiger partial charge is 0.416 e. The fourth-order valence-corrected chi connectivity index (χ4v) is 2.74. The van der Waals surface area contributed by atoms with Gasteiger partial charge in [-0.1, -0.05) is 24.3 Å². The fraction of sp³-hybridized carbons (Fsp3) is 0.364. The number of anilines is 1. The van der Waals surface area contributed by atoms with Crippen molar-refractivity contribution in [2.45, 2.75) is 45.1 Å². The molecule has 31 heavy (non-hydrogen) atoms. The molecule has 0 saturated carbocycles. The maximum atomic E-state index is 12.5. The van der Waals surface area contributed by atoms with E-state index in [1.54, 1.807) is 38.1 Å². The highest BCUT2D eigenvalue weighted by Crippen LogP contribution is 2.29. The molecule has 0 aromatic heterocycles. The topological polar surface area (TPSA) is 84.9 Å². The van der Waals surface area contributed by atoms with Crippen LogP contribution in [0.25, 0.3) is 0 Å². The number of carbonyl (C=O) groups excluding carboxylic acids is 1. The molecular formula is C22H24F3NO5. The van der Waals surface area contributed by atoms with Gasteiger partial charge in [-0.05, 0) is 49.2 Å². The molecule has 0 saturated heterocycles. The van der Waals surface area contributed by atoms with Crippen molar-refractivity contribution < 1.29 is 37.3 Å². The Morgan fingerprint density at radius 1 is 1.00 bits per heavy atom. The van der Waals surface area contributed by atoms with Gasteiger partial charge >= 0.3 is 18.2 Å². The standard InChI is InChI=1S/C22H24F3NO5/c1-14(2)31-19(20(27)28)13-16-5-3-15(4-6-16)11-12-30-21(29)26-18-9-7-17(8-10-18)22(23,24)25/h3-10,14,19H,11-13H2,1-2H3,(H,26,29)(H,27,28). The molecule has 0 fully saturated rings. The van der Waals surface area contributed by atoms with E-state index in [1.165, 1.54) is 0 Å². The highest BCUT2D eigenvalue weighted by Gasteiger charge is 2.30. The summed E-state index contributed by atoms with van der Waals surface area (Å²) in [6.45, 7) is 3.61. The van der Waals surface area contributed by atoms with E-state index >= 15 is 0 Å². The first-order valence-corrected chi connectivity index (χ1v) is 9.61. The van der Waals surface area contributed by atoms with Crippen LogP contribution in [0.3, 0.4) is 0 Å².